The number of rotatable bonds is 5. The van der Waals surface area contributed by atoms with E-state index in [2.05, 4.69) is 31.0 Å². The Bertz CT molecular complexity index is 940. The van der Waals surface area contributed by atoms with Crippen LogP contribution in [-0.2, 0) is 6.42 Å². The molecule has 0 saturated carbocycles. The van der Waals surface area contributed by atoms with Crippen LogP contribution in [0.25, 0.3) is 0 Å². The van der Waals surface area contributed by atoms with Crippen LogP contribution >= 0.6 is 15.9 Å². The summed E-state index contributed by atoms with van der Waals surface area (Å²) in [5.74, 6) is 1.25. The SMILES string of the molecule is O=[N+]([O-])c1ccc(N2CCCC2c2nc(Cc3ccc(Br)cc3)no2)cc1. The molecule has 0 aliphatic carbocycles. The molecule has 3 aromatic rings. The number of aromatic nitrogens is 2. The van der Waals surface area contributed by atoms with Crippen molar-refractivity contribution in [3.63, 3.8) is 0 Å². The number of non-ortho nitro benzene ring substituents is 1. The fraction of sp³-hybridized carbons (Fsp3) is 0.263. The first kappa shape index (κ1) is 17.7. The molecule has 1 saturated heterocycles. The highest BCUT2D eigenvalue weighted by molar-refractivity contribution is 9.10. The summed E-state index contributed by atoms with van der Waals surface area (Å²) in [6, 6.07) is 14.6. The van der Waals surface area contributed by atoms with Crippen LogP contribution < -0.4 is 4.90 Å². The number of nitro benzene ring substituents is 1. The number of hydrogen-bond donors (Lipinski definition) is 0. The number of nitrogens with zero attached hydrogens (tertiary/aromatic N) is 4. The first-order valence-electron chi connectivity index (χ1n) is 8.68. The van der Waals surface area contributed by atoms with Crippen molar-refractivity contribution in [1.82, 2.24) is 10.1 Å². The van der Waals surface area contributed by atoms with Gasteiger partial charge in [-0.25, -0.2) is 0 Å². The molecule has 1 aromatic heterocycles. The molecule has 2 aromatic carbocycles. The minimum Gasteiger partial charge on any atom is -0.360 e. The second-order valence-electron chi connectivity index (χ2n) is 6.48. The molecular formula is C19H17BrN4O3. The predicted molar refractivity (Wildman–Crippen MR) is 104 cm³/mol. The van der Waals surface area contributed by atoms with Gasteiger partial charge in [0.25, 0.3) is 5.69 Å². The summed E-state index contributed by atoms with van der Waals surface area (Å²) in [5, 5.41) is 15.0. The van der Waals surface area contributed by atoms with Gasteiger partial charge >= 0.3 is 0 Å². The minimum atomic E-state index is -0.391. The number of hydrogen-bond acceptors (Lipinski definition) is 6. The lowest BCUT2D eigenvalue weighted by Crippen LogP contribution is -2.22. The van der Waals surface area contributed by atoms with Gasteiger partial charge in [-0.05, 0) is 42.7 Å². The third kappa shape index (κ3) is 3.85. The van der Waals surface area contributed by atoms with E-state index in [4.69, 9.17) is 4.52 Å². The lowest BCUT2D eigenvalue weighted by molar-refractivity contribution is -0.384. The predicted octanol–water partition coefficient (Wildman–Crippen LogP) is 4.67. The molecule has 0 radical (unpaired) electrons. The lowest BCUT2D eigenvalue weighted by atomic mass is 10.1. The Hall–Kier alpha value is -2.74. The van der Waals surface area contributed by atoms with Crippen molar-refractivity contribution in [3.05, 3.63) is 80.4 Å². The number of nitro groups is 1. The van der Waals surface area contributed by atoms with Gasteiger partial charge in [0.1, 0.15) is 6.04 Å². The molecule has 0 N–H and O–H groups in total. The number of anilines is 1. The molecule has 1 unspecified atom stereocenters. The quantitative estimate of drug-likeness (QED) is 0.433. The van der Waals surface area contributed by atoms with Crippen LogP contribution in [0.4, 0.5) is 11.4 Å². The summed E-state index contributed by atoms with van der Waals surface area (Å²) < 4.78 is 6.57. The molecule has 1 fully saturated rings. The fourth-order valence-electron chi connectivity index (χ4n) is 3.36. The maximum atomic E-state index is 10.8. The highest BCUT2D eigenvalue weighted by Gasteiger charge is 2.31. The van der Waals surface area contributed by atoms with E-state index in [1.807, 2.05) is 24.3 Å². The van der Waals surface area contributed by atoms with Gasteiger partial charge in [0.05, 0.1) is 4.92 Å². The Balaban J connectivity index is 1.51. The largest absolute Gasteiger partial charge is 0.360 e. The van der Waals surface area contributed by atoms with Gasteiger partial charge < -0.3 is 9.42 Å². The van der Waals surface area contributed by atoms with Crippen molar-refractivity contribution >= 4 is 27.3 Å². The highest BCUT2D eigenvalue weighted by Crippen LogP contribution is 2.36. The summed E-state index contributed by atoms with van der Waals surface area (Å²) in [4.78, 5) is 17.2. The van der Waals surface area contributed by atoms with Crippen molar-refractivity contribution in [2.24, 2.45) is 0 Å². The first-order chi connectivity index (χ1) is 13.1. The second-order valence-corrected chi connectivity index (χ2v) is 7.39. The maximum absolute atomic E-state index is 10.8. The monoisotopic (exact) mass is 428 g/mol. The Morgan fingerprint density at radius 1 is 1.19 bits per heavy atom. The van der Waals surface area contributed by atoms with Gasteiger partial charge in [-0.15, -0.1) is 0 Å². The van der Waals surface area contributed by atoms with E-state index in [0.717, 1.165) is 35.1 Å². The Morgan fingerprint density at radius 2 is 1.93 bits per heavy atom. The smallest absolute Gasteiger partial charge is 0.269 e. The van der Waals surface area contributed by atoms with Gasteiger partial charge in [-0.2, -0.15) is 4.98 Å². The van der Waals surface area contributed by atoms with Gasteiger partial charge in [0.15, 0.2) is 5.82 Å². The number of halogens is 1. The van der Waals surface area contributed by atoms with Gasteiger partial charge in [0, 0.05) is 35.3 Å². The van der Waals surface area contributed by atoms with E-state index >= 15 is 0 Å². The van der Waals surface area contributed by atoms with Gasteiger partial charge in [-0.1, -0.05) is 33.2 Å². The molecule has 138 valence electrons. The second kappa shape index (κ2) is 7.48. The van der Waals surface area contributed by atoms with Crippen LogP contribution in [0.15, 0.2) is 57.5 Å². The van der Waals surface area contributed by atoms with Crippen molar-refractivity contribution < 1.29 is 9.45 Å². The zero-order valence-electron chi connectivity index (χ0n) is 14.4. The normalized spacial score (nSPS) is 16.6. The van der Waals surface area contributed by atoms with E-state index in [9.17, 15) is 10.1 Å². The van der Waals surface area contributed by atoms with Crippen LogP contribution in [0.1, 0.15) is 36.2 Å². The van der Waals surface area contributed by atoms with E-state index in [1.165, 1.54) is 12.1 Å². The summed E-state index contributed by atoms with van der Waals surface area (Å²) in [7, 11) is 0. The average Bonchev–Trinajstić information content (AvgIpc) is 3.33. The summed E-state index contributed by atoms with van der Waals surface area (Å²) in [5.41, 5.74) is 2.13. The van der Waals surface area contributed by atoms with E-state index < -0.39 is 4.92 Å². The molecule has 7 nitrogen and oxygen atoms in total. The Labute approximate surface area is 164 Å². The Morgan fingerprint density at radius 3 is 2.63 bits per heavy atom. The maximum Gasteiger partial charge on any atom is 0.269 e. The van der Waals surface area contributed by atoms with Crippen LogP contribution in [0.5, 0.6) is 0 Å². The Kier molecular flexibility index (Phi) is 4.89. The van der Waals surface area contributed by atoms with Crippen LogP contribution in [0, 0.1) is 10.1 Å². The van der Waals surface area contributed by atoms with Crippen molar-refractivity contribution in [1.29, 1.82) is 0 Å². The molecular weight excluding hydrogens is 412 g/mol. The van der Waals surface area contributed by atoms with Gasteiger partial charge in [0.2, 0.25) is 5.89 Å². The fourth-order valence-corrected chi connectivity index (χ4v) is 3.62. The van der Waals surface area contributed by atoms with Crippen molar-refractivity contribution in [2.75, 3.05) is 11.4 Å². The topological polar surface area (TPSA) is 85.3 Å². The summed E-state index contributed by atoms with van der Waals surface area (Å²) in [6.07, 6.45) is 2.53. The average molecular weight is 429 g/mol. The summed E-state index contributed by atoms with van der Waals surface area (Å²) >= 11 is 3.43. The molecule has 1 atom stereocenters. The first-order valence-corrected chi connectivity index (χ1v) is 9.47. The van der Waals surface area contributed by atoms with Crippen molar-refractivity contribution in [3.8, 4) is 0 Å². The van der Waals surface area contributed by atoms with Crippen LogP contribution in [-0.4, -0.2) is 21.6 Å². The van der Waals surface area contributed by atoms with E-state index in [0.29, 0.717) is 18.1 Å². The highest BCUT2D eigenvalue weighted by atomic mass is 79.9. The van der Waals surface area contributed by atoms with Crippen molar-refractivity contribution in [2.45, 2.75) is 25.3 Å². The van der Waals surface area contributed by atoms with E-state index in [-0.39, 0.29) is 11.7 Å². The standard InChI is InChI=1S/C19H17BrN4O3/c20-14-5-3-13(4-6-14)12-18-21-19(27-22-18)17-2-1-11-23(17)15-7-9-16(10-8-15)24(25)26/h3-10,17H,1-2,11-12H2. The number of benzene rings is 2. The third-order valence-electron chi connectivity index (χ3n) is 4.69. The van der Waals surface area contributed by atoms with E-state index in [1.54, 1.807) is 12.1 Å². The van der Waals surface area contributed by atoms with Crippen LogP contribution in [0.3, 0.4) is 0 Å². The molecule has 1 aliphatic heterocycles. The molecule has 0 bridgehead atoms. The third-order valence-corrected chi connectivity index (χ3v) is 5.22. The van der Waals surface area contributed by atoms with Crippen LogP contribution in [0.2, 0.25) is 0 Å². The molecule has 4 rings (SSSR count). The molecule has 0 amide bonds. The molecule has 27 heavy (non-hydrogen) atoms. The molecule has 8 heteroatoms. The molecule has 0 spiro atoms. The zero-order valence-corrected chi connectivity index (χ0v) is 16.0. The molecule has 1 aliphatic rings. The van der Waals surface area contributed by atoms with Gasteiger partial charge in [-0.3, -0.25) is 10.1 Å². The molecule has 2 heterocycles. The lowest BCUT2D eigenvalue weighted by Gasteiger charge is -2.23. The summed E-state index contributed by atoms with van der Waals surface area (Å²) in [6.45, 7) is 0.854. The zero-order chi connectivity index (χ0) is 18.8. The minimum absolute atomic E-state index is 0.00220.